The molecule has 0 aliphatic rings. The van der Waals surface area contributed by atoms with Gasteiger partial charge in [-0.1, -0.05) is 110 Å². The number of aryl methyl sites for hydroxylation is 11. The fraction of sp³-hybridized carbons (Fsp3) is 0.283. The van der Waals surface area contributed by atoms with Gasteiger partial charge in [0.1, 0.15) is 103 Å². The highest BCUT2D eigenvalue weighted by Gasteiger charge is 2.23. The van der Waals surface area contributed by atoms with Gasteiger partial charge in [-0.25, -0.2) is 68.6 Å². The van der Waals surface area contributed by atoms with Crippen molar-refractivity contribution in [1.29, 1.82) is 0 Å². The molecule has 12 aromatic rings. The van der Waals surface area contributed by atoms with Gasteiger partial charge in [0.15, 0.2) is 34.7 Å². The van der Waals surface area contributed by atoms with E-state index in [9.17, 15) is 37.5 Å². The van der Waals surface area contributed by atoms with Crippen LogP contribution in [0.5, 0.6) is 17.2 Å². The molecule has 6 N–H and O–H groups in total. The highest BCUT2D eigenvalue weighted by atomic mass is 35.5. The Morgan fingerprint density at radius 2 is 0.683 bits per heavy atom. The van der Waals surface area contributed by atoms with Crippen LogP contribution in [0.4, 0.5) is 8.78 Å². The molecule has 0 atom stereocenters. The van der Waals surface area contributed by atoms with Gasteiger partial charge >= 0.3 is 0 Å². The summed E-state index contributed by atoms with van der Waals surface area (Å²) < 4.78 is 41.9. The SMILES string of the molecule is CC(C)(Cc1ncc(C(=O)CO)cn1)c1ccccc1.COc1cc(F)ccc1CCc1ncc(C(=O)CO)cn1.COc1cccc(OC)c1CCc1ncc(C(=O)CO)cn1.Cc1cc(Cl)ccc1CCc1ncc(C(=O)CO)cn1.Cc1cccc(C)c1CCc1ncc(C(=O)CO)cn1.O=C(CO)c1cnc(CCc2ccc(F)c(Cl)c2)nc1. The van der Waals surface area contributed by atoms with Crippen LogP contribution in [0.1, 0.15) is 161 Å². The number of ether oxygens (including phenoxy) is 3. The number of hydrogen-bond acceptors (Lipinski definition) is 27. The minimum absolute atomic E-state index is 0.0796. The maximum absolute atomic E-state index is 13.1. The molecule has 0 amide bonds. The topological polar surface area (TPSA) is 406 Å². The van der Waals surface area contributed by atoms with Crippen LogP contribution < -0.4 is 14.2 Å². The van der Waals surface area contributed by atoms with E-state index in [1.807, 2.05) is 61.5 Å². The molecular weight excluding hydrogens is 1620 g/mol. The van der Waals surface area contributed by atoms with Gasteiger partial charge in [-0.15, -0.1) is 0 Å². The zero-order valence-corrected chi connectivity index (χ0v) is 70.7. The van der Waals surface area contributed by atoms with Gasteiger partial charge < -0.3 is 44.8 Å². The summed E-state index contributed by atoms with van der Waals surface area (Å²) in [6, 6.07) is 36.8. The normalized spacial score (nSPS) is 10.6. The van der Waals surface area contributed by atoms with Crippen molar-refractivity contribution in [2.24, 2.45) is 0 Å². The Balaban J connectivity index is 0.000000203. The van der Waals surface area contributed by atoms with Crippen molar-refractivity contribution in [2.75, 3.05) is 61.0 Å². The molecular formula is C92H96Cl2F2N12O15. The lowest BCUT2D eigenvalue weighted by molar-refractivity contribution is 0.0897. The molecule has 0 saturated carbocycles. The predicted molar refractivity (Wildman–Crippen MR) is 457 cm³/mol. The third-order valence-electron chi connectivity index (χ3n) is 19.0. The van der Waals surface area contributed by atoms with E-state index >= 15 is 0 Å². The predicted octanol–water partition coefficient (Wildman–Crippen LogP) is 11.9. The molecule has 642 valence electrons. The summed E-state index contributed by atoms with van der Waals surface area (Å²) in [6.07, 6.45) is 24.6. The second-order valence-corrected chi connectivity index (χ2v) is 28.9. The first-order chi connectivity index (χ1) is 59.2. The first-order valence-electron chi connectivity index (χ1n) is 38.7. The molecule has 0 bridgehead atoms. The van der Waals surface area contributed by atoms with Crippen LogP contribution in [-0.2, 0) is 76.0 Å². The van der Waals surface area contributed by atoms with Crippen molar-refractivity contribution < 1.29 is 82.4 Å². The number of aromatic nitrogens is 12. The molecule has 12 rings (SSSR count). The van der Waals surface area contributed by atoms with Gasteiger partial charge in [0.25, 0.3) is 0 Å². The second-order valence-electron chi connectivity index (χ2n) is 28.0. The van der Waals surface area contributed by atoms with Gasteiger partial charge in [-0.3, -0.25) is 28.8 Å². The zero-order valence-electron chi connectivity index (χ0n) is 69.2. The summed E-state index contributed by atoms with van der Waals surface area (Å²) >= 11 is 11.6. The van der Waals surface area contributed by atoms with Crippen LogP contribution in [0, 0.1) is 32.4 Å². The number of aliphatic hydroxyl groups is 6. The number of methoxy groups -OCH3 is 3. The summed E-state index contributed by atoms with van der Waals surface area (Å²) in [5.41, 5.74) is 11.9. The van der Waals surface area contributed by atoms with Crippen molar-refractivity contribution in [2.45, 2.75) is 111 Å². The number of carbonyl (C=O) groups excluding carboxylic acids is 6. The number of benzene rings is 6. The molecule has 0 spiro atoms. The van der Waals surface area contributed by atoms with Gasteiger partial charge in [-0.2, -0.15) is 0 Å². The van der Waals surface area contributed by atoms with Crippen LogP contribution in [0.3, 0.4) is 0 Å². The summed E-state index contributed by atoms with van der Waals surface area (Å²) in [5.74, 6) is 2.72. The van der Waals surface area contributed by atoms with E-state index in [0.717, 1.165) is 58.0 Å². The Hall–Kier alpha value is -12.6. The molecule has 0 radical (unpaired) electrons. The van der Waals surface area contributed by atoms with Crippen molar-refractivity contribution in [3.63, 3.8) is 0 Å². The van der Waals surface area contributed by atoms with Crippen molar-refractivity contribution in [3.8, 4) is 17.2 Å². The lowest BCUT2D eigenvalue weighted by Crippen LogP contribution is -2.22. The first-order valence-corrected chi connectivity index (χ1v) is 39.4. The third-order valence-corrected chi connectivity index (χ3v) is 19.5. The largest absolute Gasteiger partial charge is 0.496 e. The number of halogens is 4. The molecule has 0 aliphatic carbocycles. The molecule has 0 aliphatic heterocycles. The minimum Gasteiger partial charge on any atom is -0.496 e. The monoisotopic (exact) mass is 1720 g/mol. The zero-order chi connectivity index (χ0) is 89.4. The number of carbonyl (C=O) groups is 6. The Bertz CT molecular complexity index is 5380. The molecule has 6 heterocycles. The van der Waals surface area contributed by atoms with E-state index in [-0.39, 0.29) is 44.7 Å². The van der Waals surface area contributed by atoms with Crippen molar-refractivity contribution in [3.05, 3.63) is 336 Å². The number of hydrogen-bond donors (Lipinski definition) is 6. The van der Waals surface area contributed by atoms with Gasteiger partial charge in [0.05, 0.1) is 59.7 Å². The molecule has 6 aromatic heterocycles. The van der Waals surface area contributed by atoms with Crippen molar-refractivity contribution >= 4 is 57.9 Å². The van der Waals surface area contributed by atoms with Crippen molar-refractivity contribution in [1.82, 2.24) is 59.8 Å². The van der Waals surface area contributed by atoms with Gasteiger partial charge in [0.2, 0.25) is 0 Å². The highest BCUT2D eigenvalue weighted by Crippen LogP contribution is 2.31. The fourth-order valence-corrected chi connectivity index (χ4v) is 12.3. The lowest BCUT2D eigenvalue weighted by atomic mass is 9.81. The molecule has 0 fully saturated rings. The van der Waals surface area contributed by atoms with Crippen LogP contribution in [0.25, 0.3) is 0 Å². The molecule has 123 heavy (non-hydrogen) atoms. The van der Waals surface area contributed by atoms with Gasteiger partial charge in [0, 0.05) is 130 Å². The number of rotatable bonds is 33. The molecule has 27 nitrogen and oxygen atoms in total. The average molecular weight is 1720 g/mol. The quantitative estimate of drug-likeness (QED) is 0.0208. The Kier molecular flexibility index (Phi) is 40.1. The first kappa shape index (κ1) is 97.5. The lowest BCUT2D eigenvalue weighted by Gasteiger charge is -2.24. The van der Waals surface area contributed by atoms with Crippen LogP contribution in [0.2, 0.25) is 10.0 Å². The smallest absolute Gasteiger partial charge is 0.191 e. The van der Waals surface area contributed by atoms with Crippen LogP contribution in [-0.4, -0.2) is 186 Å². The molecule has 31 heteroatoms. The van der Waals surface area contributed by atoms with Crippen LogP contribution in [0.15, 0.2) is 196 Å². The minimum atomic E-state index is -0.560. The number of nitrogens with zero attached hydrogens (tertiary/aromatic N) is 12. The fourth-order valence-electron chi connectivity index (χ4n) is 11.9. The van der Waals surface area contributed by atoms with E-state index in [2.05, 4.69) is 118 Å². The summed E-state index contributed by atoms with van der Waals surface area (Å²) in [5, 5.41) is 53.4. The van der Waals surface area contributed by atoms with E-state index in [0.29, 0.717) is 114 Å². The number of aliphatic hydroxyl groups excluding tert-OH is 6. The van der Waals surface area contributed by atoms with E-state index in [1.165, 1.54) is 127 Å². The third kappa shape index (κ3) is 31.4. The highest BCUT2D eigenvalue weighted by molar-refractivity contribution is 6.31. The maximum Gasteiger partial charge on any atom is 0.191 e. The number of Topliss-reactive ketones (excluding diaryl/α,β-unsaturated/α-hetero) is 6. The Labute approximate surface area is 720 Å². The summed E-state index contributed by atoms with van der Waals surface area (Å²) in [6.45, 7) is 7.30. The average Bonchev–Trinajstić information content (AvgIpc) is 0.834. The standard InChI is InChI=1S/C16H18N2O4.2C16H18N2O2.C15H15ClN2O2.C15H15FN2O3.C14H12ClFN2O2/c1-21-14-4-3-5-15(22-2)12(14)6-7-16-17-8-11(9-18-16)13(20)10-19;1-11-4-3-5-12(2)14(11)6-7-16-17-8-13(9-18-16)15(20)10-19;1-16(2,13-6-4-3-5-7-13)8-15-17-9-12(10-18-15)14(20)11-19;1-10-6-13(16)4-2-11(10)3-5-15-17-7-12(8-18-15)14(20)9-19;1-21-14-6-12(16)4-2-10(14)3-5-15-17-7-11(8-18-15)13(20)9-19;15-11-5-9(1-3-12(11)16)2-4-14-17-6-10(7-18-14)13(20)8-19/h3-5,8-9,19H,6-7,10H2,1-2H3;3-5,8-9,19H,6-7,10H2,1-2H3;3-7,9-10,19H,8,11H2,1-2H3;2,4,6-8,19H,3,5,9H2,1H3;2,4,6-8,19H,3,5,9H2,1H3;1,3,5-7,19H,2,4,8H2. The number of ketones is 6. The summed E-state index contributed by atoms with van der Waals surface area (Å²) in [4.78, 5) is 117. The van der Waals surface area contributed by atoms with Crippen LogP contribution >= 0.6 is 23.2 Å². The second kappa shape index (κ2) is 50.6. The van der Waals surface area contributed by atoms with E-state index in [1.54, 1.807) is 32.4 Å². The Morgan fingerprint density at radius 1 is 0.341 bits per heavy atom. The Morgan fingerprint density at radius 3 is 1.05 bits per heavy atom. The van der Waals surface area contributed by atoms with E-state index in [4.69, 9.17) is 68.1 Å². The van der Waals surface area contributed by atoms with Gasteiger partial charge in [-0.05, 0) is 145 Å². The maximum atomic E-state index is 13.1. The molecule has 0 unspecified atom stereocenters. The summed E-state index contributed by atoms with van der Waals surface area (Å²) in [7, 11) is 4.72. The van der Waals surface area contributed by atoms with E-state index < -0.39 is 62.8 Å². The molecule has 0 saturated heterocycles. The molecule has 6 aromatic carbocycles.